The summed E-state index contributed by atoms with van der Waals surface area (Å²) >= 11 is 0. The molecule has 0 bridgehead atoms. The standard InChI is InChI=1S/C15H28O4/c1-7-19-15(17)13(9-11(4)5)12(8-10(2)3)14(16)18-6/h10-13H,7-9H2,1-6H3. The van der Waals surface area contributed by atoms with Crippen molar-refractivity contribution in [2.24, 2.45) is 23.7 Å². The maximum atomic E-state index is 12.1. The fourth-order valence-corrected chi connectivity index (χ4v) is 2.27. The highest BCUT2D eigenvalue weighted by Crippen LogP contribution is 2.28. The summed E-state index contributed by atoms with van der Waals surface area (Å²) in [5.74, 6) is -0.761. The molecular weight excluding hydrogens is 244 g/mol. The molecule has 2 atom stereocenters. The number of methoxy groups -OCH3 is 1. The molecule has 0 aromatic carbocycles. The Morgan fingerprint density at radius 2 is 1.32 bits per heavy atom. The molecule has 0 rings (SSSR count). The summed E-state index contributed by atoms with van der Waals surface area (Å²) in [7, 11) is 1.37. The molecule has 0 saturated heterocycles. The monoisotopic (exact) mass is 272 g/mol. The van der Waals surface area contributed by atoms with Crippen LogP contribution in [0, 0.1) is 23.7 Å². The lowest BCUT2D eigenvalue weighted by molar-refractivity contribution is -0.160. The minimum Gasteiger partial charge on any atom is -0.469 e. The second kappa shape index (κ2) is 8.94. The summed E-state index contributed by atoms with van der Waals surface area (Å²) in [6.45, 7) is 10.3. The van der Waals surface area contributed by atoms with E-state index in [9.17, 15) is 9.59 Å². The lowest BCUT2D eigenvalue weighted by Gasteiger charge is -2.26. The Kier molecular flexibility index (Phi) is 8.44. The summed E-state index contributed by atoms with van der Waals surface area (Å²) in [4.78, 5) is 24.0. The second-order valence-corrected chi connectivity index (χ2v) is 5.75. The molecule has 0 N–H and O–H groups in total. The Hall–Kier alpha value is -1.06. The molecule has 0 heterocycles. The van der Waals surface area contributed by atoms with E-state index < -0.39 is 11.8 Å². The van der Waals surface area contributed by atoms with Gasteiger partial charge in [-0.1, -0.05) is 27.7 Å². The first kappa shape index (κ1) is 17.9. The van der Waals surface area contributed by atoms with Crippen molar-refractivity contribution in [1.29, 1.82) is 0 Å². The molecule has 4 nitrogen and oxygen atoms in total. The van der Waals surface area contributed by atoms with E-state index in [2.05, 4.69) is 0 Å². The summed E-state index contributed by atoms with van der Waals surface area (Å²) < 4.78 is 9.97. The molecule has 2 unspecified atom stereocenters. The van der Waals surface area contributed by atoms with E-state index in [1.54, 1.807) is 6.92 Å². The molecule has 19 heavy (non-hydrogen) atoms. The highest BCUT2D eigenvalue weighted by molar-refractivity contribution is 5.82. The topological polar surface area (TPSA) is 52.6 Å². The second-order valence-electron chi connectivity index (χ2n) is 5.75. The van der Waals surface area contributed by atoms with E-state index >= 15 is 0 Å². The number of carbonyl (C=O) groups is 2. The third-order valence-corrected chi connectivity index (χ3v) is 3.03. The molecule has 112 valence electrons. The number of rotatable bonds is 8. The van der Waals surface area contributed by atoms with Gasteiger partial charge in [-0.3, -0.25) is 9.59 Å². The Bertz CT molecular complexity index is 284. The Labute approximate surface area is 116 Å². The van der Waals surface area contributed by atoms with Gasteiger partial charge in [0.1, 0.15) is 0 Å². The van der Waals surface area contributed by atoms with E-state index in [4.69, 9.17) is 9.47 Å². The van der Waals surface area contributed by atoms with Crippen LogP contribution in [0.3, 0.4) is 0 Å². The maximum Gasteiger partial charge on any atom is 0.309 e. The summed E-state index contributed by atoms with van der Waals surface area (Å²) in [6, 6.07) is 0. The quantitative estimate of drug-likeness (QED) is 0.637. The largest absolute Gasteiger partial charge is 0.469 e. The molecular formula is C15H28O4. The third-order valence-electron chi connectivity index (χ3n) is 3.03. The molecule has 0 aliphatic heterocycles. The van der Waals surface area contributed by atoms with Crippen LogP contribution < -0.4 is 0 Å². The zero-order chi connectivity index (χ0) is 15.0. The number of carbonyl (C=O) groups excluding carboxylic acids is 2. The van der Waals surface area contributed by atoms with E-state index in [0.29, 0.717) is 31.3 Å². The van der Waals surface area contributed by atoms with Crippen molar-refractivity contribution in [2.75, 3.05) is 13.7 Å². The number of hydrogen-bond donors (Lipinski definition) is 0. The number of hydrogen-bond acceptors (Lipinski definition) is 4. The van der Waals surface area contributed by atoms with Crippen molar-refractivity contribution in [3.63, 3.8) is 0 Å². The normalized spacial score (nSPS) is 14.3. The molecule has 0 aliphatic rings. The van der Waals surface area contributed by atoms with Gasteiger partial charge in [-0.05, 0) is 31.6 Å². The van der Waals surface area contributed by atoms with Crippen LogP contribution in [0.15, 0.2) is 0 Å². The molecule has 0 aliphatic carbocycles. The van der Waals surface area contributed by atoms with Crippen molar-refractivity contribution >= 4 is 11.9 Å². The van der Waals surface area contributed by atoms with E-state index in [1.165, 1.54) is 7.11 Å². The van der Waals surface area contributed by atoms with Crippen LogP contribution in [0.4, 0.5) is 0 Å². The van der Waals surface area contributed by atoms with Crippen molar-refractivity contribution in [1.82, 2.24) is 0 Å². The van der Waals surface area contributed by atoms with Crippen LogP contribution >= 0.6 is 0 Å². The number of esters is 2. The van der Waals surface area contributed by atoms with Gasteiger partial charge in [0.05, 0.1) is 25.6 Å². The summed E-state index contributed by atoms with van der Waals surface area (Å²) in [6.07, 6.45) is 1.29. The van der Waals surface area contributed by atoms with Gasteiger partial charge < -0.3 is 9.47 Å². The van der Waals surface area contributed by atoms with Gasteiger partial charge in [-0.15, -0.1) is 0 Å². The Morgan fingerprint density at radius 1 is 0.895 bits per heavy atom. The molecule has 0 spiro atoms. The first-order chi connectivity index (χ1) is 8.83. The summed E-state index contributed by atoms with van der Waals surface area (Å²) in [5, 5.41) is 0. The maximum absolute atomic E-state index is 12.1. The van der Waals surface area contributed by atoms with Crippen LogP contribution in [0.5, 0.6) is 0 Å². The summed E-state index contributed by atoms with van der Waals surface area (Å²) in [5.41, 5.74) is 0. The molecule has 0 aromatic rings. The van der Waals surface area contributed by atoms with Gasteiger partial charge in [-0.2, -0.15) is 0 Å². The van der Waals surface area contributed by atoms with E-state index in [-0.39, 0.29) is 11.9 Å². The average Bonchev–Trinajstić information content (AvgIpc) is 2.32. The van der Waals surface area contributed by atoms with Crippen LogP contribution in [-0.4, -0.2) is 25.7 Å². The smallest absolute Gasteiger partial charge is 0.309 e. The van der Waals surface area contributed by atoms with E-state index in [1.807, 2.05) is 27.7 Å². The van der Waals surface area contributed by atoms with Gasteiger partial charge >= 0.3 is 11.9 Å². The molecule has 0 amide bonds. The van der Waals surface area contributed by atoms with Crippen LogP contribution in [-0.2, 0) is 19.1 Å². The highest BCUT2D eigenvalue weighted by atomic mass is 16.5. The molecule has 0 fully saturated rings. The fraction of sp³-hybridized carbons (Fsp3) is 0.867. The Balaban J connectivity index is 5.09. The van der Waals surface area contributed by atoms with Crippen LogP contribution in [0.1, 0.15) is 47.5 Å². The van der Waals surface area contributed by atoms with Crippen molar-refractivity contribution in [3.8, 4) is 0 Å². The zero-order valence-electron chi connectivity index (χ0n) is 13.1. The third kappa shape index (κ3) is 6.60. The highest BCUT2D eigenvalue weighted by Gasteiger charge is 2.36. The van der Waals surface area contributed by atoms with Gasteiger partial charge in [0.15, 0.2) is 0 Å². The van der Waals surface area contributed by atoms with Crippen LogP contribution in [0.2, 0.25) is 0 Å². The van der Waals surface area contributed by atoms with Gasteiger partial charge in [0.2, 0.25) is 0 Å². The molecule has 0 aromatic heterocycles. The SMILES string of the molecule is CCOC(=O)C(CC(C)C)C(CC(C)C)C(=O)OC. The van der Waals surface area contributed by atoms with Crippen molar-refractivity contribution in [2.45, 2.75) is 47.5 Å². The predicted octanol–water partition coefficient (Wildman–Crippen LogP) is 3.05. The first-order valence-electron chi connectivity index (χ1n) is 7.07. The minimum atomic E-state index is -0.411. The minimum absolute atomic E-state index is 0.285. The van der Waals surface area contributed by atoms with Gasteiger partial charge in [0, 0.05) is 0 Å². The fourth-order valence-electron chi connectivity index (χ4n) is 2.27. The number of ether oxygens (including phenoxy) is 2. The molecule has 4 heteroatoms. The zero-order valence-corrected chi connectivity index (χ0v) is 13.1. The Morgan fingerprint density at radius 3 is 1.63 bits per heavy atom. The lowest BCUT2D eigenvalue weighted by Crippen LogP contribution is -2.34. The average molecular weight is 272 g/mol. The van der Waals surface area contributed by atoms with Gasteiger partial charge in [-0.25, -0.2) is 0 Å². The van der Waals surface area contributed by atoms with Gasteiger partial charge in [0.25, 0.3) is 0 Å². The van der Waals surface area contributed by atoms with Crippen molar-refractivity contribution < 1.29 is 19.1 Å². The van der Waals surface area contributed by atoms with Crippen LogP contribution in [0.25, 0.3) is 0 Å². The first-order valence-corrected chi connectivity index (χ1v) is 7.07. The molecule has 0 radical (unpaired) electrons. The lowest BCUT2D eigenvalue weighted by atomic mass is 9.80. The van der Waals surface area contributed by atoms with E-state index in [0.717, 1.165) is 0 Å². The van der Waals surface area contributed by atoms with Crippen molar-refractivity contribution in [3.05, 3.63) is 0 Å². The molecule has 0 saturated carbocycles. The predicted molar refractivity (Wildman–Crippen MR) is 74.5 cm³/mol.